The Labute approximate surface area is 107 Å². The zero-order chi connectivity index (χ0) is 12.9. The third kappa shape index (κ3) is 7.02. The van der Waals surface area contributed by atoms with Crippen molar-refractivity contribution in [3.63, 3.8) is 0 Å². The number of hydrogen-bond acceptors (Lipinski definition) is 3. The molecule has 1 saturated carbocycles. The maximum atomic E-state index is 6.14. The molecule has 3 nitrogen and oxygen atoms in total. The van der Waals surface area contributed by atoms with E-state index in [1.807, 2.05) is 0 Å². The van der Waals surface area contributed by atoms with Crippen molar-refractivity contribution < 1.29 is 4.74 Å². The lowest BCUT2D eigenvalue weighted by atomic mass is 9.85. The number of hydrogen-bond donors (Lipinski definition) is 1. The molecule has 1 atom stereocenters. The van der Waals surface area contributed by atoms with E-state index in [1.54, 1.807) is 0 Å². The molecule has 1 unspecified atom stereocenters. The van der Waals surface area contributed by atoms with Crippen LogP contribution in [0, 0.1) is 11.3 Å². The molecule has 1 aliphatic carbocycles. The van der Waals surface area contributed by atoms with Gasteiger partial charge < -0.3 is 15.4 Å². The molecule has 0 spiro atoms. The van der Waals surface area contributed by atoms with Crippen LogP contribution in [-0.4, -0.2) is 44.3 Å². The van der Waals surface area contributed by atoms with Crippen molar-refractivity contribution in [2.45, 2.75) is 46.1 Å². The minimum absolute atomic E-state index is 0.212. The van der Waals surface area contributed by atoms with Crippen LogP contribution in [0.15, 0.2) is 0 Å². The van der Waals surface area contributed by atoms with Gasteiger partial charge in [-0.15, -0.1) is 0 Å². The summed E-state index contributed by atoms with van der Waals surface area (Å²) < 4.78 is 5.63. The van der Waals surface area contributed by atoms with Gasteiger partial charge in [-0.2, -0.15) is 0 Å². The highest BCUT2D eigenvalue weighted by atomic mass is 16.5. The van der Waals surface area contributed by atoms with Gasteiger partial charge in [-0.05, 0) is 44.2 Å². The van der Waals surface area contributed by atoms with Crippen LogP contribution in [0.5, 0.6) is 0 Å². The van der Waals surface area contributed by atoms with Crippen molar-refractivity contribution in [1.29, 1.82) is 0 Å². The van der Waals surface area contributed by atoms with E-state index in [0.29, 0.717) is 0 Å². The van der Waals surface area contributed by atoms with Crippen molar-refractivity contribution in [2.24, 2.45) is 17.1 Å². The summed E-state index contributed by atoms with van der Waals surface area (Å²) >= 11 is 0. The Morgan fingerprint density at radius 3 is 2.47 bits per heavy atom. The average molecular weight is 242 g/mol. The lowest BCUT2D eigenvalue weighted by Gasteiger charge is -2.28. The summed E-state index contributed by atoms with van der Waals surface area (Å²) in [5, 5.41) is 0. The minimum Gasteiger partial charge on any atom is -0.380 e. The monoisotopic (exact) mass is 242 g/mol. The van der Waals surface area contributed by atoms with E-state index in [9.17, 15) is 0 Å². The second kappa shape index (κ2) is 6.72. The van der Waals surface area contributed by atoms with Crippen molar-refractivity contribution in [3.8, 4) is 0 Å². The average Bonchev–Trinajstić information content (AvgIpc) is 3.03. The lowest BCUT2D eigenvalue weighted by molar-refractivity contribution is 0.101. The highest BCUT2D eigenvalue weighted by Gasteiger charge is 2.21. The smallest absolute Gasteiger partial charge is 0.0593 e. The van der Waals surface area contributed by atoms with Gasteiger partial charge in [0, 0.05) is 19.2 Å². The van der Waals surface area contributed by atoms with E-state index in [4.69, 9.17) is 10.5 Å². The molecule has 17 heavy (non-hydrogen) atoms. The summed E-state index contributed by atoms with van der Waals surface area (Å²) in [5.74, 6) is 0.870. The van der Waals surface area contributed by atoms with E-state index in [0.717, 1.165) is 38.6 Å². The summed E-state index contributed by atoms with van der Waals surface area (Å²) in [4.78, 5) is 2.32. The van der Waals surface area contributed by atoms with Crippen molar-refractivity contribution in [2.75, 3.05) is 33.4 Å². The lowest BCUT2D eigenvalue weighted by Crippen LogP contribution is -2.38. The van der Waals surface area contributed by atoms with Crippen LogP contribution in [0.25, 0.3) is 0 Å². The van der Waals surface area contributed by atoms with Crippen LogP contribution in [0.1, 0.15) is 40.0 Å². The Kier molecular flexibility index (Phi) is 5.90. The highest BCUT2D eigenvalue weighted by Crippen LogP contribution is 2.28. The first-order valence-corrected chi connectivity index (χ1v) is 6.91. The Balaban J connectivity index is 1.97. The van der Waals surface area contributed by atoms with Crippen LogP contribution in [0.4, 0.5) is 0 Å². The Hall–Kier alpha value is -0.120. The van der Waals surface area contributed by atoms with Gasteiger partial charge in [0.25, 0.3) is 0 Å². The van der Waals surface area contributed by atoms with Crippen molar-refractivity contribution in [1.82, 2.24) is 4.90 Å². The van der Waals surface area contributed by atoms with Crippen LogP contribution >= 0.6 is 0 Å². The first-order chi connectivity index (χ1) is 7.89. The van der Waals surface area contributed by atoms with Gasteiger partial charge in [-0.25, -0.2) is 0 Å². The quantitative estimate of drug-likeness (QED) is 0.663. The molecule has 0 saturated heterocycles. The number of likely N-dealkylation sites (N-methyl/N-ethyl adjacent to an activating group) is 1. The third-order valence-electron chi connectivity index (χ3n) is 3.60. The molecular weight excluding hydrogens is 212 g/mol. The molecule has 1 rings (SSSR count). The molecule has 0 aromatic heterocycles. The topological polar surface area (TPSA) is 38.5 Å². The summed E-state index contributed by atoms with van der Waals surface area (Å²) in [6.45, 7) is 10.5. The maximum absolute atomic E-state index is 6.14. The van der Waals surface area contributed by atoms with E-state index >= 15 is 0 Å². The molecule has 0 heterocycles. The molecule has 0 radical (unpaired) electrons. The first-order valence-electron chi connectivity index (χ1n) is 6.91. The van der Waals surface area contributed by atoms with Gasteiger partial charge in [-0.1, -0.05) is 20.8 Å². The zero-order valence-corrected chi connectivity index (χ0v) is 12.0. The molecule has 0 bridgehead atoms. The second-order valence-electron chi connectivity index (χ2n) is 6.58. The fraction of sp³-hybridized carbons (Fsp3) is 1.00. The molecule has 0 aliphatic heterocycles. The SMILES string of the molecule is CN(CCOCC1CC1)CCC(N)C(C)(C)C. The van der Waals surface area contributed by atoms with E-state index in [2.05, 4.69) is 32.7 Å². The standard InChI is InChI=1S/C14H30N2O/c1-14(2,3)13(15)7-8-16(4)9-10-17-11-12-5-6-12/h12-13H,5-11,15H2,1-4H3. The predicted octanol–water partition coefficient (Wildman–Crippen LogP) is 2.11. The normalized spacial score (nSPS) is 18.7. The van der Waals surface area contributed by atoms with Gasteiger partial charge in [0.2, 0.25) is 0 Å². The highest BCUT2D eigenvalue weighted by molar-refractivity contribution is 4.77. The molecule has 102 valence electrons. The van der Waals surface area contributed by atoms with Crippen molar-refractivity contribution >= 4 is 0 Å². The number of nitrogens with zero attached hydrogens (tertiary/aromatic N) is 1. The number of rotatable bonds is 8. The van der Waals surface area contributed by atoms with Crippen LogP contribution in [0.2, 0.25) is 0 Å². The molecule has 1 fully saturated rings. The Morgan fingerprint density at radius 1 is 1.29 bits per heavy atom. The fourth-order valence-corrected chi connectivity index (χ4v) is 1.66. The largest absolute Gasteiger partial charge is 0.380 e. The molecular formula is C14H30N2O. The van der Waals surface area contributed by atoms with Gasteiger partial charge >= 0.3 is 0 Å². The maximum Gasteiger partial charge on any atom is 0.0593 e. The van der Waals surface area contributed by atoms with E-state index in [-0.39, 0.29) is 11.5 Å². The summed E-state index contributed by atoms with van der Waals surface area (Å²) in [5.41, 5.74) is 6.36. The number of nitrogens with two attached hydrogens (primary N) is 1. The molecule has 0 aromatic carbocycles. The van der Waals surface area contributed by atoms with Crippen molar-refractivity contribution in [3.05, 3.63) is 0 Å². The number of ether oxygens (including phenoxy) is 1. The Morgan fingerprint density at radius 2 is 1.94 bits per heavy atom. The van der Waals surface area contributed by atoms with E-state index < -0.39 is 0 Å². The van der Waals surface area contributed by atoms with Crippen LogP contribution in [-0.2, 0) is 4.74 Å². The third-order valence-corrected chi connectivity index (χ3v) is 3.60. The second-order valence-corrected chi connectivity index (χ2v) is 6.58. The van der Waals surface area contributed by atoms with Crippen LogP contribution in [0.3, 0.4) is 0 Å². The minimum atomic E-state index is 0.212. The fourth-order valence-electron chi connectivity index (χ4n) is 1.66. The molecule has 1 aliphatic rings. The van der Waals surface area contributed by atoms with Gasteiger partial charge in [0.15, 0.2) is 0 Å². The van der Waals surface area contributed by atoms with Gasteiger partial charge in [-0.3, -0.25) is 0 Å². The van der Waals surface area contributed by atoms with E-state index in [1.165, 1.54) is 12.8 Å². The first kappa shape index (κ1) is 14.9. The predicted molar refractivity (Wildman–Crippen MR) is 73.1 cm³/mol. The molecule has 0 aromatic rings. The summed E-state index contributed by atoms with van der Waals surface area (Å²) in [7, 11) is 2.15. The van der Waals surface area contributed by atoms with Crippen LogP contribution < -0.4 is 5.73 Å². The molecule has 2 N–H and O–H groups in total. The molecule has 0 amide bonds. The Bertz CT molecular complexity index is 209. The van der Waals surface area contributed by atoms with Gasteiger partial charge in [0.05, 0.1) is 6.61 Å². The summed E-state index contributed by atoms with van der Waals surface area (Å²) in [6, 6.07) is 0.275. The zero-order valence-electron chi connectivity index (χ0n) is 12.0. The summed E-state index contributed by atoms with van der Waals surface area (Å²) in [6.07, 6.45) is 3.80. The molecule has 3 heteroatoms. The van der Waals surface area contributed by atoms with Gasteiger partial charge in [0.1, 0.15) is 0 Å².